The van der Waals surface area contributed by atoms with Crippen LogP contribution in [0.3, 0.4) is 0 Å². The highest BCUT2D eigenvalue weighted by Gasteiger charge is 2.36. The number of sulfonamides is 1. The van der Waals surface area contributed by atoms with Gasteiger partial charge in [-0.25, -0.2) is 13.1 Å². The number of hydrogen-bond acceptors (Lipinski definition) is 6. The lowest BCUT2D eigenvalue weighted by molar-refractivity contribution is -0.124. The van der Waals surface area contributed by atoms with E-state index in [0.717, 1.165) is 10.5 Å². The number of aliphatic hydroxyl groups is 1. The first kappa shape index (κ1) is 25.2. The highest BCUT2D eigenvalue weighted by atomic mass is 32.2. The predicted molar refractivity (Wildman–Crippen MR) is 119 cm³/mol. The van der Waals surface area contributed by atoms with Gasteiger partial charge in [0.25, 0.3) is 10.0 Å². The molecule has 3 heterocycles. The number of fused-ring (bicyclic) bond motifs is 1. The number of anilines is 1. The molecule has 8 nitrogen and oxygen atoms in total. The molecule has 2 aromatic rings. The number of alkyl halides is 2. The summed E-state index contributed by atoms with van der Waals surface area (Å²) < 4.78 is 54.5. The molecule has 0 saturated heterocycles. The van der Waals surface area contributed by atoms with Gasteiger partial charge in [-0.15, -0.1) is 0 Å². The molecule has 0 radical (unpaired) electrons. The van der Waals surface area contributed by atoms with E-state index in [1.165, 1.54) is 6.92 Å². The molecule has 33 heavy (non-hydrogen) atoms. The minimum atomic E-state index is -4.27. The standard InChI is InChI=1S/C22H30F2N4O4S/c1-13(22(3,4)5)19(30)8-15-7-18-17(25-9-15)6-16(12-29)10-28(18)33(31,32)20-11-27(21(23)24)26-14(20)2/h7,9,11,13,16,21,29H,6,8,10,12H2,1-5H3/t13-,16-/m1/s1. The predicted octanol–water partition coefficient (Wildman–Crippen LogP) is 3.14. The Kier molecular flexibility index (Phi) is 6.95. The van der Waals surface area contributed by atoms with Crippen LogP contribution in [0.25, 0.3) is 0 Å². The van der Waals surface area contributed by atoms with Crippen molar-refractivity contribution in [3.8, 4) is 0 Å². The number of nitrogens with zero attached hydrogens (tertiary/aromatic N) is 4. The third-order valence-corrected chi connectivity index (χ3v) is 8.12. The lowest BCUT2D eigenvalue weighted by Crippen LogP contribution is -2.41. The first-order chi connectivity index (χ1) is 15.3. The summed E-state index contributed by atoms with van der Waals surface area (Å²) in [6.45, 7) is 5.87. The number of ketones is 1. The molecule has 182 valence electrons. The third-order valence-electron chi connectivity index (χ3n) is 6.24. The summed E-state index contributed by atoms with van der Waals surface area (Å²) in [5, 5.41) is 13.3. The van der Waals surface area contributed by atoms with E-state index in [9.17, 15) is 27.1 Å². The Morgan fingerprint density at radius 1 is 1.33 bits per heavy atom. The minimum Gasteiger partial charge on any atom is -0.396 e. The zero-order chi connectivity index (χ0) is 24.7. The number of pyridine rings is 1. The molecule has 0 amide bonds. The summed E-state index contributed by atoms with van der Waals surface area (Å²) in [6, 6.07) is 1.62. The summed E-state index contributed by atoms with van der Waals surface area (Å²) in [5.74, 6) is -0.606. The smallest absolute Gasteiger partial charge is 0.333 e. The zero-order valence-electron chi connectivity index (χ0n) is 19.4. The SMILES string of the molecule is Cc1nn(C(F)F)cc1S(=O)(=O)N1C[C@H](CO)Cc2ncc(CC(=O)[C@@H](C)C(C)(C)C)cc21. The van der Waals surface area contributed by atoms with E-state index >= 15 is 0 Å². The number of halogens is 2. The summed E-state index contributed by atoms with van der Waals surface area (Å²) >= 11 is 0. The first-order valence-electron chi connectivity index (χ1n) is 10.7. The molecule has 0 fully saturated rings. The number of aryl methyl sites for hydroxylation is 1. The van der Waals surface area contributed by atoms with Gasteiger partial charge in [0.15, 0.2) is 0 Å². The maximum Gasteiger partial charge on any atom is 0.333 e. The Labute approximate surface area is 192 Å². The van der Waals surface area contributed by atoms with Crippen LogP contribution < -0.4 is 4.31 Å². The number of aliphatic hydroxyl groups excluding tert-OH is 1. The second-order valence-electron chi connectivity index (χ2n) is 9.67. The van der Waals surface area contributed by atoms with Crippen LogP contribution in [0.15, 0.2) is 23.4 Å². The number of Topliss-reactive ketones (excluding diaryl/α,β-unsaturated/α-hetero) is 1. The average molecular weight is 485 g/mol. The molecular formula is C22H30F2N4O4S. The monoisotopic (exact) mass is 484 g/mol. The highest BCUT2D eigenvalue weighted by molar-refractivity contribution is 7.92. The second kappa shape index (κ2) is 9.09. The van der Waals surface area contributed by atoms with Gasteiger partial charge in [0.2, 0.25) is 0 Å². The molecule has 2 aromatic heterocycles. The highest BCUT2D eigenvalue weighted by Crippen LogP contribution is 2.35. The Morgan fingerprint density at radius 3 is 2.55 bits per heavy atom. The molecule has 2 atom stereocenters. The first-order valence-corrected chi connectivity index (χ1v) is 12.2. The van der Waals surface area contributed by atoms with E-state index in [-0.39, 0.29) is 53.0 Å². The molecular weight excluding hydrogens is 454 g/mol. The van der Waals surface area contributed by atoms with Crippen LogP contribution in [0.5, 0.6) is 0 Å². The fourth-order valence-corrected chi connectivity index (χ4v) is 5.50. The average Bonchev–Trinajstić information content (AvgIpc) is 3.14. The summed E-state index contributed by atoms with van der Waals surface area (Å²) in [7, 11) is -4.27. The van der Waals surface area contributed by atoms with Crippen molar-refractivity contribution in [3.05, 3.63) is 35.4 Å². The van der Waals surface area contributed by atoms with Crippen molar-refractivity contribution in [2.45, 2.75) is 58.9 Å². The molecule has 0 unspecified atom stereocenters. The van der Waals surface area contributed by atoms with Crippen LogP contribution in [-0.4, -0.2) is 47.2 Å². The lowest BCUT2D eigenvalue weighted by Gasteiger charge is -2.34. The van der Waals surface area contributed by atoms with Crippen molar-refractivity contribution in [1.82, 2.24) is 14.8 Å². The van der Waals surface area contributed by atoms with Crippen molar-refractivity contribution in [2.75, 3.05) is 17.5 Å². The normalized spacial score (nSPS) is 17.8. The van der Waals surface area contributed by atoms with Gasteiger partial charge < -0.3 is 5.11 Å². The van der Waals surface area contributed by atoms with Crippen molar-refractivity contribution in [1.29, 1.82) is 0 Å². The van der Waals surface area contributed by atoms with Crippen LogP contribution in [0.2, 0.25) is 0 Å². The molecule has 1 aliphatic rings. The van der Waals surface area contributed by atoms with Crippen molar-refractivity contribution < 1.29 is 27.1 Å². The molecule has 1 N–H and O–H groups in total. The van der Waals surface area contributed by atoms with E-state index in [1.807, 2.05) is 27.7 Å². The molecule has 0 bridgehead atoms. The lowest BCUT2D eigenvalue weighted by atomic mass is 9.78. The van der Waals surface area contributed by atoms with Gasteiger partial charge in [-0.05, 0) is 30.4 Å². The Bertz CT molecular complexity index is 1140. The number of aromatic nitrogens is 3. The quantitative estimate of drug-likeness (QED) is 0.647. The third kappa shape index (κ3) is 5.08. The topological polar surface area (TPSA) is 105 Å². The van der Waals surface area contributed by atoms with Crippen LogP contribution in [0.1, 0.15) is 51.2 Å². The molecule has 0 aromatic carbocycles. The van der Waals surface area contributed by atoms with Gasteiger partial charge in [-0.3, -0.25) is 14.1 Å². The Balaban J connectivity index is 2.03. The van der Waals surface area contributed by atoms with Crippen LogP contribution in [0.4, 0.5) is 14.5 Å². The van der Waals surface area contributed by atoms with Crippen LogP contribution >= 0.6 is 0 Å². The molecule has 3 rings (SSSR count). The van der Waals surface area contributed by atoms with E-state index in [2.05, 4.69) is 10.1 Å². The van der Waals surface area contributed by atoms with Crippen molar-refractivity contribution in [3.63, 3.8) is 0 Å². The van der Waals surface area contributed by atoms with E-state index in [1.54, 1.807) is 12.3 Å². The fraction of sp³-hybridized carbons (Fsp3) is 0.591. The molecule has 0 saturated carbocycles. The Morgan fingerprint density at radius 2 is 2.00 bits per heavy atom. The molecule has 0 aliphatic carbocycles. The van der Waals surface area contributed by atoms with Gasteiger partial charge in [0, 0.05) is 37.6 Å². The van der Waals surface area contributed by atoms with Crippen LogP contribution in [0, 0.1) is 24.2 Å². The second-order valence-corrected chi connectivity index (χ2v) is 11.5. The van der Waals surface area contributed by atoms with E-state index in [0.29, 0.717) is 22.4 Å². The summed E-state index contributed by atoms with van der Waals surface area (Å²) in [6.07, 6.45) is 2.82. The van der Waals surface area contributed by atoms with Gasteiger partial charge >= 0.3 is 6.55 Å². The maximum absolute atomic E-state index is 13.5. The number of carbonyl (C=O) groups excluding carboxylic acids is 1. The molecule has 1 aliphatic heterocycles. The molecule has 0 spiro atoms. The number of rotatable bonds is 7. The van der Waals surface area contributed by atoms with Crippen molar-refractivity contribution in [2.24, 2.45) is 17.3 Å². The van der Waals surface area contributed by atoms with E-state index in [4.69, 9.17) is 0 Å². The molecule has 11 heteroatoms. The number of carbonyl (C=O) groups is 1. The van der Waals surface area contributed by atoms with Crippen molar-refractivity contribution >= 4 is 21.5 Å². The van der Waals surface area contributed by atoms with Gasteiger partial charge in [-0.2, -0.15) is 13.9 Å². The largest absolute Gasteiger partial charge is 0.396 e. The number of hydrogen-bond donors (Lipinski definition) is 1. The van der Waals surface area contributed by atoms with Gasteiger partial charge in [0.1, 0.15) is 10.7 Å². The fourth-order valence-electron chi connectivity index (χ4n) is 3.79. The van der Waals surface area contributed by atoms with E-state index < -0.39 is 22.5 Å². The summed E-state index contributed by atoms with van der Waals surface area (Å²) in [4.78, 5) is 16.8. The maximum atomic E-state index is 13.5. The summed E-state index contributed by atoms with van der Waals surface area (Å²) in [5.41, 5.74) is 1.05. The van der Waals surface area contributed by atoms with Crippen LogP contribution in [-0.2, 0) is 27.7 Å². The van der Waals surface area contributed by atoms with Gasteiger partial charge in [-0.1, -0.05) is 27.7 Å². The Hall–Kier alpha value is -2.40. The van der Waals surface area contributed by atoms with Gasteiger partial charge in [0.05, 0.1) is 23.3 Å². The minimum absolute atomic E-state index is 0.0109. The zero-order valence-corrected chi connectivity index (χ0v) is 20.2.